The quantitative estimate of drug-likeness (QED) is 0.349. The van der Waals surface area contributed by atoms with Crippen LogP contribution in [0.5, 0.6) is 11.5 Å². The molecule has 0 saturated carbocycles. The fourth-order valence-electron chi connectivity index (χ4n) is 6.30. The largest absolute Gasteiger partial charge is 0.493 e. The molecule has 2 heterocycles. The van der Waals surface area contributed by atoms with Crippen LogP contribution in [0.15, 0.2) is 42.5 Å². The Bertz CT molecular complexity index is 1370. The molecule has 238 valence electrons. The number of aliphatic hydroxyl groups is 1. The number of benzene rings is 2. The lowest BCUT2D eigenvalue weighted by molar-refractivity contribution is -0.149. The lowest BCUT2D eigenvalue weighted by atomic mass is 9.85. The molecule has 4 rings (SSSR count). The molecule has 1 unspecified atom stereocenters. The van der Waals surface area contributed by atoms with Crippen LogP contribution in [0.3, 0.4) is 0 Å². The van der Waals surface area contributed by atoms with Crippen molar-refractivity contribution >= 4 is 23.8 Å². The molecule has 2 aromatic rings. The highest BCUT2D eigenvalue weighted by Gasteiger charge is 2.53. The van der Waals surface area contributed by atoms with Crippen molar-refractivity contribution in [3.05, 3.63) is 59.2 Å². The molecular weight excluding hydrogens is 568 g/mol. The van der Waals surface area contributed by atoms with Gasteiger partial charge in [0.1, 0.15) is 24.2 Å². The number of ether oxygens (including phenoxy) is 3. The molecule has 0 radical (unpaired) electrons. The summed E-state index contributed by atoms with van der Waals surface area (Å²) in [5.41, 5.74) is 6.37. The molecule has 2 aliphatic rings. The van der Waals surface area contributed by atoms with Gasteiger partial charge in [0.2, 0.25) is 17.7 Å². The molecule has 4 atom stereocenters. The van der Waals surface area contributed by atoms with E-state index in [9.17, 15) is 24.3 Å². The van der Waals surface area contributed by atoms with Gasteiger partial charge in [0.05, 0.1) is 20.3 Å². The summed E-state index contributed by atoms with van der Waals surface area (Å²) in [7, 11) is 3.05. The number of hydrogen-bond donors (Lipinski definition) is 3. The standard InChI is InChI=1S/C32H42N4O8/c1-20-16-23(17-25(42-3)27(20)43-4)18-32(30(40)34-26(21(2)37)28(33)38)13-9-15-36(32)29(39)24-12-8-14-35(24)31(41)44-19-22-10-6-5-7-11-22/h5-7,10-11,16-17,21,24,26,37H,8-9,12-15,18-19H2,1-4H3,(H2,33,38)(H,34,40)/t21-,24+,26+,32?/m1/s1. The van der Waals surface area contributed by atoms with E-state index in [4.69, 9.17) is 19.9 Å². The maximum absolute atomic E-state index is 14.3. The fourth-order valence-corrected chi connectivity index (χ4v) is 6.30. The summed E-state index contributed by atoms with van der Waals surface area (Å²) in [5.74, 6) is -0.874. The first-order chi connectivity index (χ1) is 21.0. The normalized spacial score (nSPS) is 21.0. The van der Waals surface area contributed by atoms with Gasteiger partial charge in [-0.05, 0) is 62.3 Å². The van der Waals surface area contributed by atoms with Crippen molar-refractivity contribution in [2.75, 3.05) is 27.3 Å². The van der Waals surface area contributed by atoms with Gasteiger partial charge < -0.3 is 35.3 Å². The number of hydrogen-bond acceptors (Lipinski definition) is 8. The molecule has 0 spiro atoms. The van der Waals surface area contributed by atoms with Crippen molar-refractivity contribution in [2.45, 2.75) is 76.3 Å². The van der Waals surface area contributed by atoms with Gasteiger partial charge in [0, 0.05) is 19.5 Å². The average molecular weight is 611 g/mol. The van der Waals surface area contributed by atoms with Crippen LogP contribution in [0.25, 0.3) is 0 Å². The molecule has 0 aliphatic carbocycles. The van der Waals surface area contributed by atoms with E-state index >= 15 is 0 Å². The van der Waals surface area contributed by atoms with E-state index in [-0.39, 0.29) is 31.9 Å². The van der Waals surface area contributed by atoms with Crippen molar-refractivity contribution in [3.8, 4) is 11.5 Å². The van der Waals surface area contributed by atoms with Crippen molar-refractivity contribution in [3.63, 3.8) is 0 Å². The third-order valence-corrected chi connectivity index (χ3v) is 8.45. The van der Waals surface area contributed by atoms with Crippen molar-refractivity contribution in [2.24, 2.45) is 5.73 Å². The number of primary amides is 1. The predicted octanol–water partition coefficient (Wildman–Crippen LogP) is 2.07. The van der Waals surface area contributed by atoms with Crippen LogP contribution < -0.4 is 20.5 Å². The number of rotatable bonds is 11. The zero-order valence-electron chi connectivity index (χ0n) is 25.7. The van der Waals surface area contributed by atoms with Crippen LogP contribution in [-0.2, 0) is 32.1 Å². The maximum atomic E-state index is 14.3. The van der Waals surface area contributed by atoms with Crippen LogP contribution in [-0.4, -0.2) is 89.8 Å². The first-order valence-electron chi connectivity index (χ1n) is 14.8. The number of methoxy groups -OCH3 is 2. The third kappa shape index (κ3) is 6.75. The fraction of sp³-hybridized carbons (Fsp3) is 0.500. The molecule has 2 aromatic carbocycles. The van der Waals surface area contributed by atoms with Crippen LogP contribution >= 0.6 is 0 Å². The third-order valence-electron chi connectivity index (χ3n) is 8.45. The Hall–Kier alpha value is -4.32. The van der Waals surface area contributed by atoms with Crippen LogP contribution in [0, 0.1) is 6.92 Å². The second-order valence-corrected chi connectivity index (χ2v) is 11.4. The Morgan fingerprint density at radius 2 is 1.80 bits per heavy atom. The molecule has 12 heteroatoms. The lowest BCUT2D eigenvalue weighted by Gasteiger charge is -2.40. The van der Waals surface area contributed by atoms with Crippen LogP contribution in [0.1, 0.15) is 49.3 Å². The number of nitrogens with two attached hydrogens (primary N) is 1. The monoisotopic (exact) mass is 610 g/mol. The molecule has 4 N–H and O–H groups in total. The van der Waals surface area contributed by atoms with Gasteiger partial charge in [-0.15, -0.1) is 0 Å². The van der Waals surface area contributed by atoms with Gasteiger partial charge in [-0.2, -0.15) is 0 Å². The molecule has 2 saturated heterocycles. The van der Waals surface area contributed by atoms with Gasteiger partial charge in [0.25, 0.3) is 0 Å². The van der Waals surface area contributed by atoms with Gasteiger partial charge in [0.15, 0.2) is 11.5 Å². The first kappa shape index (κ1) is 32.6. The summed E-state index contributed by atoms with van der Waals surface area (Å²) in [6, 6.07) is 10.7. The smallest absolute Gasteiger partial charge is 0.410 e. The molecule has 2 aliphatic heterocycles. The number of aryl methyl sites for hydroxylation is 1. The minimum Gasteiger partial charge on any atom is -0.493 e. The van der Waals surface area contributed by atoms with Crippen molar-refractivity contribution in [1.29, 1.82) is 0 Å². The minimum atomic E-state index is -1.44. The molecule has 2 fully saturated rings. The molecular formula is C32H42N4O8. The Balaban J connectivity index is 1.66. The predicted molar refractivity (Wildman–Crippen MR) is 161 cm³/mol. The second-order valence-electron chi connectivity index (χ2n) is 11.4. The lowest BCUT2D eigenvalue weighted by Crippen LogP contribution is -2.65. The number of amides is 4. The van der Waals surface area contributed by atoms with Gasteiger partial charge in [-0.25, -0.2) is 4.79 Å². The van der Waals surface area contributed by atoms with Crippen molar-refractivity contribution < 1.29 is 38.5 Å². The maximum Gasteiger partial charge on any atom is 0.410 e. The molecule has 4 amide bonds. The number of nitrogens with zero attached hydrogens (tertiary/aromatic N) is 2. The van der Waals surface area contributed by atoms with Gasteiger partial charge in [-0.1, -0.05) is 36.4 Å². The highest BCUT2D eigenvalue weighted by molar-refractivity contribution is 5.97. The highest BCUT2D eigenvalue weighted by atomic mass is 16.6. The SMILES string of the molecule is COc1cc(CC2(C(=O)N[C@H](C(N)=O)[C@@H](C)O)CCCN2C(=O)[C@@H]2CCCN2C(=O)OCc2ccccc2)cc(C)c1OC. The summed E-state index contributed by atoms with van der Waals surface area (Å²) >= 11 is 0. The molecule has 12 nitrogen and oxygen atoms in total. The second kappa shape index (κ2) is 14.0. The summed E-state index contributed by atoms with van der Waals surface area (Å²) in [5, 5.41) is 12.8. The zero-order valence-corrected chi connectivity index (χ0v) is 25.7. The number of nitrogens with one attached hydrogen (secondary N) is 1. The summed E-state index contributed by atoms with van der Waals surface area (Å²) in [6.45, 7) is 3.88. The van der Waals surface area contributed by atoms with Crippen molar-refractivity contribution in [1.82, 2.24) is 15.1 Å². The van der Waals surface area contributed by atoms with E-state index in [0.29, 0.717) is 42.9 Å². The van der Waals surface area contributed by atoms with E-state index in [1.54, 1.807) is 6.07 Å². The van der Waals surface area contributed by atoms with Gasteiger partial charge >= 0.3 is 6.09 Å². The number of likely N-dealkylation sites (tertiary alicyclic amines) is 2. The number of aliphatic hydroxyl groups excluding tert-OH is 1. The Kier molecular flexibility index (Phi) is 10.4. The number of carbonyl (C=O) groups is 4. The molecule has 0 bridgehead atoms. The van der Waals surface area contributed by atoms with E-state index in [2.05, 4.69) is 5.32 Å². The zero-order chi connectivity index (χ0) is 32.0. The molecule has 44 heavy (non-hydrogen) atoms. The van der Waals surface area contributed by atoms with Gasteiger partial charge in [-0.3, -0.25) is 19.3 Å². The molecule has 0 aromatic heterocycles. The average Bonchev–Trinajstić information content (AvgIpc) is 3.66. The first-order valence-corrected chi connectivity index (χ1v) is 14.8. The summed E-state index contributed by atoms with van der Waals surface area (Å²) in [4.78, 5) is 56.7. The van der Waals surface area contributed by atoms with E-state index in [1.807, 2.05) is 43.3 Å². The number of carbonyl (C=O) groups excluding carboxylic acids is 4. The van der Waals surface area contributed by atoms with E-state index < -0.39 is 41.6 Å². The van der Waals surface area contributed by atoms with Crippen LogP contribution in [0.2, 0.25) is 0 Å². The van der Waals surface area contributed by atoms with E-state index in [0.717, 1.165) is 11.1 Å². The topological polar surface area (TPSA) is 161 Å². The van der Waals surface area contributed by atoms with Crippen LogP contribution in [0.4, 0.5) is 4.79 Å². The summed E-state index contributed by atoms with van der Waals surface area (Å²) < 4.78 is 16.6. The Morgan fingerprint density at radius 1 is 1.07 bits per heavy atom. The summed E-state index contributed by atoms with van der Waals surface area (Å²) in [6.07, 6.45) is 0.0401. The Morgan fingerprint density at radius 3 is 2.43 bits per heavy atom. The minimum absolute atomic E-state index is 0.0691. The Labute approximate surface area is 257 Å². The highest BCUT2D eigenvalue weighted by Crippen LogP contribution is 2.39. The van der Waals surface area contributed by atoms with E-state index in [1.165, 1.54) is 30.9 Å².